The molecule has 0 bridgehead atoms. The molecule has 2 N–H and O–H groups in total. The Morgan fingerprint density at radius 1 is 1.14 bits per heavy atom. The van der Waals surface area contributed by atoms with Crippen LogP contribution in [0.1, 0.15) is 0 Å². The van der Waals surface area contributed by atoms with E-state index in [1.165, 1.54) is 0 Å². The zero-order valence-electron chi connectivity index (χ0n) is 3.46. The van der Waals surface area contributed by atoms with Crippen LogP contribution in [-0.2, 0) is 0 Å². The van der Waals surface area contributed by atoms with E-state index in [9.17, 15) is 0 Å². The molecular weight excluding hydrogens is 159 g/mol. The third-order valence-electron chi connectivity index (χ3n) is 0.622. The minimum atomic E-state index is 0.0278. The molecule has 0 aliphatic heterocycles. The Bertz CT molecular complexity index is 142. The summed E-state index contributed by atoms with van der Waals surface area (Å²) in [6, 6.07) is 0. The van der Waals surface area contributed by atoms with E-state index in [-0.39, 0.29) is 26.0 Å². The predicted octanol–water partition coefficient (Wildman–Crippen LogP) is 0.155. The van der Waals surface area contributed by atoms with E-state index in [2.05, 4.69) is 0 Å². The van der Waals surface area contributed by atoms with Gasteiger partial charge in [-0.05, 0) is 0 Å². The molecule has 0 fully saturated rings. The molecule has 0 aromatic carbocycles. The van der Waals surface area contributed by atoms with E-state index in [0.717, 1.165) is 0 Å². The molecule has 38 valence electrons. The van der Waals surface area contributed by atoms with Gasteiger partial charge in [-0.1, -0.05) is 0 Å². The first kappa shape index (κ1) is 4.75. The predicted molar refractivity (Wildman–Crippen MR) is 26.7 cm³/mol. The number of aromatic hydroxyl groups is 2. The van der Waals surface area contributed by atoms with Gasteiger partial charge in [-0.15, -0.1) is 0 Å². The molecular formula is C4H4O2Se. The molecule has 1 rings (SSSR count). The van der Waals surface area contributed by atoms with Crippen molar-refractivity contribution in [2.45, 2.75) is 0 Å². The van der Waals surface area contributed by atoms with Gasteiger partial charge in [-0.2, -0.15) is 0 Å². The number of hydrogen-bond acceptors (Lipinski definition) is 2. The van der Waals surface area contributed by atoms with Gasteiger partial charge < -0.3 is 0 Å². The first-order chi connectivity index (χ1) is 3.30. The topological polar surface area (TPSA) is 40.5 Å². The average Bonchev–Trinajstić information content (AvgIpc) is 1.91. The molecule has 0 unspecified atom stereocenters. The van der Waals surface area contributed by atoms with Crippen LogP contribution in [-0.4, -0.2) is 24.7 Å². The van der Waals surface area contributed by atoms with Crippen LogP contribution in [0, 0.1) is 0 Å². The summed E-state index contributed by atoms with van der Waals surface area (Å²) in [6.07, 6.45) is 0. The molecule has 0 aliphatic carbocycles. The van der Waals surface area contributed by atoms with Crippen LogP contribution >= 0.6 is 0 Å². The summed E-state index contributed by atoms with van der Waals surface area (Å²) in [5, 5.41) is 17.1. The minimum absolute atomic E-state index is 0.0278. The van der Waals surface area contributed by atoms with E-state index >= 15 is 0 Å². The first-order valence-corrected chi connectivity index (χ1v) is 3.72. The first-order valence-electron chi connectivity index (χ1n) is 1.75. The van der Waals surface area contributed by atoms with Crippen molar-refractivity contribution < 1.29 is 10.2 Å². The Labute approximate surface area is 46.8 Å². The van der Waals surface area contributed by atoms with Crippen LogP contribution < -0.4 is 0 Å². The molecule has 1 aromatic heterocycles. The standard InChI is InChI=1S/C4H4O2Se/c5-3-1-7-2-4(3)6/h1-2,5-6H. The van der Waals surface area contributed by atoms with Crippen molar-refractivity contribution in [1.29, 1.82) is 0 Å². The molecule has 7 heavy (non-hydrogen) atoms. The Hall–Kier alpha value is -0.401. The third kappa shape index (κ3) is 0.787. The monoisotopic (exact) mass is 164 g/mol. The second-order valence-corrected chi connectivity index (χ2v) is 2.70. The molecule has 3 heteroatoms. The van der Waals surface area contributed by atoms with Crippen molar-refractivity contribution in [3.8, 4) is 11.5 Å². The summed E-state index contributed by atoms with van der Waals surface area (Å²) in [4.78, 5) is 3.23. The van der Waals surface area contributed by atoms with Crippen molar-refractivity contribution in [2.24, 2.45) is 0 Å². The van der Waals surface area contributed by atoms with Gasteiger partial charge in [0.25, 0.3) is 0 Å². The van der Waals surface area contributed by atoms with Crippen molar-refractivity contribution in [3.05, 3.63) is 9.88 Å². The van der Waals surface area contributed by atoms with Gasteiger partial charge in [-0.25, -0.2) is 0 Å². The van der Waals surface area contributed by atoms with Crippen LogP contribution in [0.4, 0.5) is 0 Å². The summed E-state index contributed by atoms with van der Waals surface area (Å²) in [6.45, 7) is 0. The second-order valence-electron chi connectivity index (χ2n) is 1.14. The molecule has 0 aliphatic rings. The van der Waals surface area contributed by atoms with Crippen molar-refractivity contribution in [1.82, 2.24) is 0 Å². The fourth-order valence-electron chi connectivity index (χ4n) is 0.284. The molecule has 0 saturated heterocycles. The number of hydrogen-bond donors (Lipinski definition) is 2. The van der Waals surface area contributed by atoms with Crippen molar-refractivity contribution in [2.75, 3.05) is 0 Å². The number of rotatable bonds is 0. The van der Waals surface area contributed by atoms with E-state index in [0.29, 0.717) is 0 Å². The average molecular weight is 163 g/mol. The maximum atomic E-state index is 8.56. The fraction of sp³-hybridized carbons (Fsp3) is 0. The summed E-state index contributed by atoms with van der Waals surface area (Å²) < 4.78 is 0. The van der Waals surface area contributed by atoms with E-state index in [1.54, 1.807) is 9.88 Å². The Morgan fingerprint density at radius 3 is 1.71 bits per heavy atom. The van der Waals surface area contributed by atoms with Crippen molar-refractivity contribution in [3.63, 3.8) is 0 Å². The summed E-state index contributed by atoms with van der Waals surface area (Å²) >= 11 is 0.189. The van der Waals surface area contributed by atoms with Crippen LogP contribution in [0.15, 0.2) is 9.88 Å². The van der Waals surface area contributed by atoms with Crippen LogP contribution in [0.25, 0.3) is 0 Å². The molecule has 0 amide bonds. The molecule has 2 nitrogen and oxygen atoms in total. The van der Waals surface area contributed by atoms with Crippen molar-refractivity contribution >= 4 is 14.5 Å². The van der Waals surface area contributed by atoms with E-state index in [4.69, 9.17) is 10.2 Å². The van der Waals surface area contributed by atoms with Crippen LogP contribution in [0.5, 0.6) is 11.5 Å². The van der Waals surface area contributed by atoms with Gasteiger partial charge in [0.1, 0.15) is 0 Å². The summed E-state index contributed by atoms with van der Waals surface area (Å²) in [7, 11) is 0. The molecule has 0 radical (unpaired) electrons. The molecule has 1 aromatic rings. The Kier molecular flexibility index (Phi) is 1.09. The van der Waals surface area contributed by atoms with Crippen LogP contribution in [0.2, 0.25) is 0 Å². The molecule has 1 heterocycles. The fourth-order valence-corrected chi connectivity index (χ4v) is 1.47. The van der Waals surface area contributed by atoms with Gasteiger partial charge in [-0.3, -0.25) is 0 Å². The maximum absolute atomic E-state index is 8.56. The zero-order valence-corrected chi connectivity index (χ0v) is 5.17. The Morgan fingerprint density at radius 2 is 1.57 bits per heavy atom. The second kappa shape index (κ2) is 1.60. The summed E-state index contributed by atoms with van der Waals surface area (Å²) in [5.74, 6) is 0.0556. The Balaban J connectivity index is 3.12. The normalized spacial score (nSPS) is 9.14. The van der Waals surface area contributed by atoms with Gasteiger partial charge >= 0.3 is 46.1 Å². The van der Waals surface area contributed by atoms with Gasteiger partial charge in [0.2, 0.25) is 0 Å². The zero-order chi connectivity index (χ0) is 5.28. The molecule has 0 atom stereocenters. The molecule has 0 saturated carbocycles. The van der Waals surface area contributed by atoms with Crippen LogP contribution in [0.3, 0.4) is 0 Å². The van der Waals surface area contributed by atoms with Gasteiger partial charge in [0, 0.05) is 0 Å². The van der Waals surface area contributed by atoms with Gasteiger partial charge in [0.05, 0.1) is 0 Å². The van der Waals surface area contributed by atoms with Gasteiger partial charge in [0.15, 0.2) is 0 Å². The summed E-state index contributed by atoms with van der Waals surface area (Å²) in [5.41, 5.74) is 0. The van der Waals surface area contributed by atoms with E-state index < -0.39 is 0 Å². The third-order valence-corrected chi connectivity index (χ3v) is 2.13. The SMILES string of the molecule is Oc1c[se]cc1O. The molecule has 0 spiro atoms. The van der Waals surface area contributed by atoms with E-state index in [1.807, 2.05) is 0 Å². The quantitative estimate of drug-likeness (QED) is 0.534.